The fraction of sp³-hybridized carbons (Fsp3) is 0.579. The zero-order valence-corrected chi connectivity index (χ0v) is 15.6. The third kappa shape index (κ3) is 3.28. The van der Waals surface area contributed by atoms with Gasteiger partial charge >= 0.3 is 6.03 Å². The summed E-state index contributed by atoms with van der Waals surface area (Å²) in [6, 6.07) is 5.91. The van der Waals surface area contributed by atoms with Crippen molar-refractivity contribution in [2.75, 3.05) is 33.7 Å². The highest BCUT2D eigenvalue weighted by Crippen LogP contribution is 2.45. The number of carbonyl (C=O) groups is 2. The number of hydrogen-bond donors (Lipinski definition) is 1. The van der Waals surface area contributed by atoms with Gasteiger partial charge in [0, 0.05) is 45.6 Å². The van der Waals surface area contributed by atoms with Crippen molar-refractivity contribution >= 4 is 11.9 Å². The van der Waals surface area contributed by atoms with E-state index in [1.54, 1.807) is 30.0 Å². The number of nitrogens with zero attached hydrogens (tertiary/aromatic N) is 3. The number of amides is 3. The number of carbonyl (C=O) groups excluding carboxylic acids is 2. The maximum atomic E-state index is 13.8. The summed E-state index contributed by atoms with van der Waals surface area (Å²) in [5, 5.41) is 10.0. The summed E-state index contributed by atoms with van der Waals surface area (Å²) in [7, 11) is 3.40. The Morgan fingerprint density at radius 3 is 2.50 bits per heavy atom. The minimum atomic E-state index is -1.42. The van der Waals surface area contributed by atoms with Crippen LogP contribution in [-0.4, -0.2) is 71.1 Å². The Labute approximate surface area is 153 Å². The van der Waals surface area contributed by atoms with Crippen LogP contribution in [0.4, 0.5) is 9.18 Å². The van der Waals surface area contributed by atoms with Gasteiger partial charge in [-0.3, -0.25) is 4.79 Å². The van der Waals surface area contributed by atoms with Gasteiger partial charge in [0.05, 0.1) is 6.04 Å². The van der Waals surface area contributed by atoms with E-state index in [-0.39, 0.29) is 35.6 Å². The van der Waals surface area contributed by atoms with Crippen LogP contribution in [0.2, 0.25) is 0 Å². The van der Waals surface area contributed by atoms with E-state index in [0.717, 1.165) is 5.56 Å². The molecule has 7 heteroatoms. The van der Waals surface area contributed by atoms with Crippen LogP contribution in [0.1, 0.15) is 25.5 Å². The Morgan fingerprint density at radius 2 is 1.92 bits per heavy atom. The van der Waals surface area contributed by atoms with Crippen LogP contribution in [0.15, 0.2) is 24.3 Å². The van der Waals surface area contributed by atoms with Crippen molar-refractivity contribution in [3.63, 3.8) is 0 Å². The molecule has 0 spiro atoms. The average Bonchev–Trinajstić information content (AvgIpc) is 3.09. The van der Waals surface area contributed by atoms with Crippen LogP contribution in [0.5, 0.6) is 0 Å². The van der Waals surface area contributed by atoms with Crippen LogP contribution in [0.25, 0.3) is 0 Å². The molecule has 2 fully saturated rings. The van der Waals surface area contributed by atoms with Crippen molar-refractivity contribution in [2.45, 2.75) is 25.5 Å². The Hall–Kier alpha value is -2.15. The van der Waals surface area contributed by atoms with Gasteiger partial charge in [0.2, 0.25) is 0 Å². The van der Waals surface area contributed by atoms with Crippen molar-refractivity contribution in [3.05, 3.63) is 35.6 Å². The summed E-state index contributed by atoms with van der Waals surface area (Å²) in [5.41, 5.74) is -0.683. The third-order valence-corrected chi connectivity index (χ3v) is 5.29. The molecule has 142 valence electrons. The molecule has 3 atom stereocenters. The number of rotatable bonds is 2. The molecule has 0 saturated carbocycles. The van der Waals surface area contributed by atoms with Crippen molar-refractivity contribution < 1.29 is 19.1 Å². The summed E-state index contributed by atoms with van der Waals surface area (Å²) < 4.78 is 13.8. The monoisotopic (exact) mass is 363 g/mol. The first-order valence-corrected chi connectivity index (χ1v) is 8.84. The summed E-state index contributed by atoms with van der Waals surface area (Å²) in [6.45, 7) is 4.42. The maximum Gasteiger partial charge on any atom is 0.320 e. The molecule has 3 amide bonds. The van der Waals surface area contributed by atoms with E-state index in [2.05, 4.69) is 0 Å². The van der Waals surface area contributed by atoms with Crippen LogP contribution in [0.3, 0.4) is 0 Å². The van der Waals surface area contributed by atoms with Gasteiger partial charge < -0.3 is 19.8 Å². The van der Waals surface area contributed by atoms with E-state index >= 15 is 0 Å². The molecule has 0 unspecified atom stereocenters. The normalized spacial score (nSPS) is 25.4. The molecule has 6 nitrogen and oxygen atoms in total. The molecule has 3 rings (SSSR count). The number of likely N-dealkylation sites (tertiary alicyclic amines) is 2. The van der Waals surface area contributed by atoms with Crippen LogP contribution >= 0.6 is 0 Å². The first-order chi connectivity index (χ1) is 12.1. The summed E-state index contributed by atoms with van der Waals surface area (Å²) in [5.74, 6) is -0.522. The van der Waals surface area contributed by atoms with E-state index in [1.165, 1.54) is 30.9 Å². The zero-order valence-electron chi connectivity index (χ0n) is 15.6. The summed E-state index contributed by atoms with van der Waals surface area (Å²) >= 11 is 0. The van der Waals surface area contributed by atoms with Crippen LogP contribution < -0.4 is 0 Å². The molecule has 0 aliphatic carbocycles. The van der Waals surface area contributed by atoms with Gasteiger partial charge in [-0.15, -0.1) is 0 Å². The number of hydrogen-bond acceptors (Lipinski definition) is 3. The highest BCUT2D eigenvalue weighted by atomic mass is 19.1. The van der Waals surface area contributed by atoms with Gasteiger partial charge in [-0.05, 0) is 31.5 Å². The Bertz CT molecular complexity index is 716. The molecular formula is C19H26FN3O3. The standard InChI is InChI=1S/C19H26FN3O3/c1-19(2,26)17(24)22-9-13-10-23(18(25)21(3)4)16(15(13)11-22)12-6-5-7-14(20)8-12/h5-8,13,15-16,26H,9-11H2,1-4H3/t13-,15-,16-/m1/s1. The topological polar surface area (TPSA) is 64.1 Å². The molecule has 2 aliphatic rings. The molecule has 1 aromatic rings. The molecule has 2 aliphatic heterocycles. The third-order valence-electron chi connectivity index (χ3n) is 5.29. The summed E-state index contributed by atoms with van der Waals surface area (Å²) in [6.07, 6.45) is 0. The van der Waals surface area contributed by atoms with E-state index in [4.69, 9.17) is 0 Å². The summed E-state index contributed by atoms with van der Waals surface area (Å²) in [4.78, 5) is 30.1. The van der Waals surface area contributed by atoms with E-state index in [9.17, 15) is 19.1 Å². The van der Waals surface area contributed by atoms with Gasteiger partial charge in [-0.1, -0.05) is 12.1 Å². The highest BCUT2D eigenvalue weighted by Gasteiger charge is 2.51. The minimum absolute atomic E-state index is 0.0204. The van der Waals surface area contributed by atoms with Crippen molar-refractivity contribution in [3.8, 4) is 0 Å². The number of benzene rings is 1. The van der Waals surface area contributed by atoms with Gasteiger partial charge in [0.25, 0.3) is 5.91 Å². The number of aliphatic hydroxyl groups is 1. The molecule has 0 aromatic heterocycles. The van der Waals surface area contributed by atoms with Crippen molar-refractivity contribution in [2.24, 2.45) is 11.8 Å². The van der Waals surface area contributed by atoms with E-state index < -0.39 is 5.60 Å². The number of halogens is 1. The molecule has 1 N–H and O–H groups in total. The number of fused-ring (bicyclic) bond motifs is 1. The van der Waals surface area contributed by atoms with Gasteiger partial charge in [0.15, 0.2) is 0 Å². The lowest BCUT2D eigenvalue weighted by Crippen LogP contribution is -2.46. The van der Waals surface area contributed by atoms with Gasteiger partial charge in [-0.25, -0.2) is 9.18 Å². The Morgan fingerprint density at radius 1 is 1.23 bits per heavy atom. The van der Waals surface area contributed by atoms with E-state index in [1.807, 2.05) is 6.07 Å². The first-order valence-electron chi connectivity index (χ1n) is 8.84. The predicted octanol–water partition coefficient (Wildman–Crippen LogP) is 1.71. The zero-order chi connectivity index (χ0) is 19.2. The smallest absolute Gasteiger partial charge is 0.320 e. The molecule has 0 bridgehead atoms. The Balaban J connectivity index is 1.91. The first kappa shape index (κ1) is 18.6. The highest BCUT2D eigenvalue weighted by molar-refractivity contribution is 5.84. The minimum Gasteiger partial charge on any atom is -0.381 e. The SMILES string of the molecule is CN(C)C(=O)N1C[C@H]2CN(C(=O)C(C)(C)O)C[C@H]2[C@H]1c1cccc(F)c1. The molecular weight excluding hydrogens is 337 g/mol. The van der Waals surface area contributed by atoms with Crippen LogP contribution in [0, 0.1) is 17.7 Å². The lowest BCUT2D eigenvalue weighted by molar-refractivity contribution is -0.147. The second kappa shape index (κ2) is 6.54. The maximum absolute atomic E-state index is 13.8. The molecule has 26 heavy (non-hydrogen) atoms. The molecule has 0 radical (unpaired) electrons. The largest absolute Gasteiger partial charge is 0.381 e. The van der Waals surface area contributed by atoms with Crippen LogP contribution in [-0.2, 0) is 4.79 Å². The van der Waals surface area contributed by atoms with Gasteiger partial charge in [-0.2, -0.15) is 0 Å². The quantitative estimate of drug-likeness (QED) is 0.870. The fourth-order valence-corrected chi connectivity index (χ4v) is 4.17. The predicted molar refractivity (Wildman–Crippen MR) is 94.8 cm³/mol. The molecule has 2 saturated heterocycles. The van der Waals surface area contributed by atoms with E-state index in [0.29, 0.717) is 19.6 Å². The molecule has 1 aromatic carbocycles. The van der Waals surface area contributed by atoms with Gasteiger partial charge in [0.1, 0.15) is 11.4 Å². The fourth-order valence-electron chi connectivity index (χ4n) is 4.17. The van der Waals surface area contributed by atoms with Crippen molar-refractivity contribution in [1.29, 1.82) is 0 Å². The number of urea groups is 1. The lowest BCUT2D eigenvalue weighted by Gasteiger charge is -2.32. The second-order valence-electron chi connectivity index (χ2n) is 8.02. The second-order valence-corrected chi connectivity index (χ2v) is 8.02. The Kier molecular flexibility index (Phi) is 4.69. The lowest BCUT2D eigenvalue weighted by atomic mass is 9.89. The average molecular weight is 363 g/mol. The molecule has 2 heterocycles. The van der Waals surface area contributed by atoms with Crippen molar-refractivity contribution in [1.82, 2.24) is 14.7 Å².